The third-order valence-electron chi connectivity index (χ3n) is 3.12. The van der Waals surface area contributed by atoms with Gasteiger partial charge in [0.05, 0.1) is 0 Å². The molecule has 1 aliphatic rings. The summed E-state index contributed by atoms with van der Waals surface area (Å²) in [7, 11) is 0. The van der Waals surface area contributed by atoms with Gasteiger partial charge in [0, 0.05) is 16.2 Å². The van der Waals surface area contributed by atoms with Crippen LogP contribution < -0.4 is 10.6 Å². The molecule has 4 heteroatoms. The first kappa shape index (κ1) is 12.4. The quantitative estimate of drug-likeness (QED) is 0.878. The zero-order valence-electron chi connectivity index (χ0n) is 10.1. The third kappa shape index (κ3) is 3.46. The summed E-state index contributed by atoms with van der Waals surface area (Å²) in [6.45, 7) is 4.04. The molecule has 0 aromatic heterocycles. The Balaban J connectivity index is 1.92. The van der Waals surface area contributed by atoms with Crippen molar-refractivity contribution in [3.63, 3.8) is 0 Å². The van der Waals surface area contributed by atoms with Crippen molar-refractivity contribution < 1.29 is 4.79 Å². The zero-order chi connectivity index (χ0) is 12.4. The molecule has 3 nitrogen and oxygen atoms in total. The van der Waals surface area contributed by atoms with E-state index in [1.54, 1.807) is 0 Å². The molecule has 0 spiro atoms. The van der Waals surface area contributed by atoms with Crippen LogP contribution in [0.15, 0.2) is 22.7 Å². The van der Waals surface area contributed by atoms with Crippen LogP contribution in [-0.4, -0.2) is 12.1 Å². The van der Waals surface area contributed by atoms with E-state index in [1.807, 2.05) is 25.1 Å². The largest absolute Gasteiger partial charge is 0.335 e. The molecule has 0 heterocycles. The van der Waals surface area contributed by atoms with Gasteiger partial charge in [-0.3, -0.25) is 0 Å². The topological polar surface area (TPSA) is 41.1 Å². The summed E-state index contributed by atoms with van der Waals surface area (Å²) in [5, 5.41) is 5.85. The monoisotopic (exact) mass is 296 g/mol. The van der Waals surface area contributed by atoms with E-state index in [9.17, 15) is 4.79 Å². The number of anilines is 1. The normalized spacial score (nSPS) is 16.4. The highest BCUT2D eigenvalue weighted by Gasteiger charge is 2.28. The molecule has 92 valence electrons. The van der Waals surface area contributed by atoms with Gasteiger partial charge in [0.25, 0.3) is 0 Å². The molecule has 0 bridgehead atoms. The summed E-state index contributed by atoms with van der Waals surface area (Å²) in [6.07, 6.45) is 2.47. The second-order valence-electron chi connectivity index (χ2n) is 4.68. The van der Waals surface area contributed by atoms with Crippen LogP contribution in [0.2, 0.25) is 0 Å². The fourth-order valence-electron chi connectivity index (χ4n) is 1.85. The van der Waals surface area contributed by atoms with E-state index < -0.39 is 0 Å². The van der Waals surface area contributed by atoms with Crippen molar-refractivity contribution in [2.45, 2.75) is 32.7 Å². The molecule has 1 atom stereocenters. The maximum absolute atomic E-state index is 11.8. The van der Waals surface area contributed by atoms with Crippen LogP contribution in [0.4, 0.5) is 10.5 Å². The smallest absolute Gasteiger partial charge is 0.319 e. The highest BCUT2D eigenvalue weighted by atomic mass is 79.9. The number of carbonyl (C=O) groups excluding carboxylic acids is 1. The lowest BCUT2D eigenvalue weighted by atomic mass is 10.2. The van der Waals surface area contributed by atoms with Gasteiger partial charge < -0.3 is 10.6 Å². The van der Waals surface area contributed by atoms with Gasteiger partial charge in [-0.05, 0) is 56.4 Å². The molecule has 0 saturated heterocycles. The maximum atomic E-state index is 11.8. The Bertz CT molecular complexity index is 429. The number of benzene rings is 1. The van der Waals surface area contributed by atoms with E-state index in [4.69, 9.17) is 0 Å². The SMILES string of the molecule is Cc1cc(Br)ccc1NC(=O)NC(C)C1CC1. The molecule has 0 radical (unpaired) electrons. The molecule has 1 unspecified atom stereocenters. The molecule has 1 aliphatic carbocycles. The molecule has 1 aromatic carbocycles. The molecule has 2 rings (SSSR count). The van der Waals surface area contributed by atoms with Crippen LogP contribution in [0, 0.1) is 12.8 Å². The van der Waals surface area contributed by atoms with Gasteiger partial charge in [-0.25, -0.2) is 4.79 Å². The van der Waals surface area contributed by atoms with Gasteiger partial charge in [0.15, 0.2) is 0 Å². The molecule has 17 heavy (non-hydrogen) atoms. The highest BCUT2D eigenvalue weighted by Crippen LogP contribution is 2.32. The number of amides is 2. The van der Waals surface area contributed by atoms with E-state index in [0.29, 0.717) is 5.92 Å². The summed E-state index contributed by atoms with van der Waals surface area (Å²) in [4.78, 5) is 11.8. The van der Waals surface area contributed by atoms with Crippen molar-refractivity contribution >= 4 is 27.6 Å². The second kappa shape index (κ2) is 5.08. The Kier molecular flexibility index (Phi) is 3.72. The third-order valence-corrected chi connectivity index (χ3v) is 3.62. The number of hydrogen-bond donors (Lipinski definition) is 2. The van der Waals surface area contributed by atoms with Crippen molar-refractivity contribution in [2.75, 3.05) is 5.32 Å². The number of hydrogen-bond acceptors (Lipinski definition) is 1. The number of carbonyl (C=O) groups is 1. The Labute approximate surface area is 110 Å². The minimum Gasteiger partial charge on any atom is -0.335 e. The Morgan fingerprint density at radius 1 is 1.47 bits per heavy atom. The van der Waals surface area contributed by atoms with E-state index in [1.165, 1.54) is 12.8 Å². The molecular formula is C13H17BrN2O. The lowest BCUT2D eigenvalue weighted by molar-refractivity contribution is 0.248. The molecule has 1 fully saturated rings. The van der Waals surface area contributed by atoms with Crippen LogP contribution in [0.25, 0.3) is 0 Å². The molecule has 1 saturated carbocycles. The predicted octanol–water partition coefficient (Wildman–Crippen LogP) is 3.68. The summed E-state index contributed by atoms with van der Waals surface area (Å²) in [5.41, 5.74) is 1.90. The summed E-state index contributed by atoms with van der Waals surface area (Å²) < 4.78 is 1.02. The summed E-state index contributed by atoms with van der Waals surface area (Å²) >= 11 is 3.40. The van der Waals surface area contributed by atoms with Crippen LogP contribution in [0.3, 0.4) is 0 Å². The number of urea groups is 1. The van der Waals surface area contributed by atoms with Crippen molar-refractivity contribution in [1.29, 1.82) is 0 Å². The minimum atomic E-state index is -0.116. The first-order chi connectivity index (χ1) is 8.06. The average molecular weight is 297 g/mol. The van der Waals surface area contributed by atoms with Gasteiger partial charge in [0.2, 0.25) is 0 Å². The first-order valence-electron chi connectivity index (χ1n) is 5.90. The van der Waals surface area contributed by atoms with Gasteiger partial charge in [0.1, 0.15) is 0 Å². The van der Waals surface area contributed by atoms with Crippen molar-refractivity contribution in [2.24, 2.45) is 5.92 Å². The van der Waals surface area contributed by atoms with Crippen molar-refractivity contribution in [1.82, 2.24) is 5.32 Å². The Morgan fingerprint density at radius 3 is 2.76 bits per heavy atom. The van der Waals surface area contributed by atoms with Gasteiger partial charge in [-0.1, -0.05) is 15.9 Å². The Hall–Kier alpha value is -1.03. The molecule has 2 N–H and O–H groups in total. The standard InChI is InChI=1S/C13H17BrN2O/c1-8-7-11(14)5-6-12(8)16-13(17)15-9(2)10-3-4-10/h5-7,9-10H,3-4H2,1-2H3,(H2,15,16,17). The van der Waals surface area contributed by atoms with E-state index in [2.05, 4.69) is 33.5 Å². The molecule has 1 aromatic rings. The van der Waals surface area contributed by atoms with Gasteiger partial charge >= 0.3 is 6.03 Å². The molecule has 0 aliphatic heterocycles. The Morgan fingerprint density at radius 2 is 2.18 bits per heavy atom. The van der Waals surface area contributed by atoms with Crippen molar-refractivity contribution in [3.8, 4) is 0 Å². The fourth-order valence-corrected chi connectivity index (χ4v) is 2.32. The number of nitrogens with one attached hydrogen (secondary N) is 2. The van der Waals surface area contributed by atoms with E-state index in [0.717, 1.165) is 15.7 Å². The number of rotatable bonds is 3. The first-order valence-corrected chi connectivity index (χ1v) is 6.69. The fraction of sp³-hybridized carbons (Fsp3) is 0.462. The summed E-state index contributed by atoms with van der Waals surface area (Å²) in [5.74, 6) is 0.673. The van der Waals surface area contributed by atoms with Crippen LogP contribution in [-0.2, 0) is 0 Å². The van der Waals surface area contributed by atoms with Gasteiger partial charge in [-0.15, -0.1) is 0 Å². The van der Waals surface area contributed by atoms with E-state index >= 15 is 0 Å². The van der Waals surface area contributed by atoms with Crippen LogP contribution >= 0.6 is 15.9 Å². The van der Waals surface area contributed by atoms with E-state index in [-0.39, 0.29) is 12.1 Å². The highest BCUT2D eigenvalue weighted by molar-refractivity contribution is 9.10. The van der Waals surface area contributed by atoms with Crippen molar-refractivity contribution in [3.05, 3.63) is 28.2 Å². The lowest BCUT2D eigenvalue weighted by Crippen LogP contribution is -2.37. The minimum absolute atomic E-state index is 0.116. The number of aryl methyl sites for hydroxylation is 1. The van der Waals surface area contributed by atoms with Crippen LogP contribution in [0.5, 0.6) is 0 Å². The maximum Gasteiger partial charge on any atom is 0.319 e. The second-order valence-corrected chi connectivity index (χ2v) is 5.60. The number of halogens is 1. The molecule has 2 amide bonds. The predicted molar refractivity (Wildman–Crippen MR) is 73.2 cm³/mol. The van der Waals surface area contributed by atoms with Crippen LogP contribution in [0.1, 0.15) is 25.3 Å². The lowest BCUT2D eigenvalue weighted by Gasteiger charge is -2.14. The summed E-state index contributed by atoms with van der Waals surface area (Å²) in [6, 6.07) is 5.97. The zero-order valence-corrected chi connectivity index (χ0v) is 11.7. The van der Waals surface area contributed by atoms with Gasteiger partial charge in [-0.2, -0.15) is 0 Å². The average Bonchev–Trinajstić information content (AvgIpc) is 3.05. The molecular weight excluding hydrogens is 280 g/mol.